The Balaban J connectivity index is 2.05. The van der Waals surface area contributed by atoms with Crippen molar-refractivity contribution in [1.29, 1.82) is 0 Å². The van der Waals surface area contributed by atoms with Crippen LogP contribution in [0.3, 0.4) is 0 Å². The van der Waals surface area contributed by atoms with Crippen molar-refractivity contribution in [3.8, 4) is 5.75 Å². The Morgan fingerprint density at radius 1 is 0.952 bits per heavy atom. The zero-order valence-corrected chi connectivity index (χ0v) is 11.8. The molecule has 0 atom stereocenters. The second-order valence-corrected chi connectivity index (χ2v) is 5.18. The third kappa shape index (κ3) is 2.68. The molecule has 0 N–H and O–H groups in total. The number of allylic oxidation sites excluding steroid dienone is 1. The molecular formula is C18H16F2O. The first-order valence-corrected chi connectivity index (χ1v) is 7.01. The minimum Gasteiger partial charge on any atom is -0.494 e. The highest BCUT2D eigenvalue weighted by molar-refractivity contribution is 5.83. The van der Waals surface area contributed by atoms with Crippen LogP contribution in [0.1, 0.15) is 29.5 Å². The molecule has 3 heteroatoms. The molecule has 0 saturated carbocycles. The van der Waals surface area contributed by atoms with Crippen molar-refractivity contribution >= 4 is 11.6 Å². The van der Waals surface area contributed by atoms with E-state index in [0.717, 1.165) is 29.5 Å². The smallest absolute Gasteiger partial charge is 0.168 e. The summed E-state index contributed by atoms with van der Waals surface area (Å²) in [5, 5.41) is 0. The average molecular weight is 286 g/mol. The van der Waals surface area contributed by atoms with Crippen molar-refractivity contribution in [3.05, 3.63) is 64.7 Å². The molecule has 0 aliphatic heterocycles. The van der Waals surface area contributed by atoms with E-state index in [1.807, 2.05) is 12.1 Å². The SMILES string of the molecule is COc1ccc2c(c1F)CCCC(c1ccc(F)cc1)=C2. The first-order chi connectivity index (χ1) is 10.2. The normalized spacial score (nSPS) is 14.1. The largest absolute Gasteiger partial charge is 0.494 e. The molecule has 0 saturated heterocycles. The first-order valence-electron chi connectivity index (χ1n) is 7.01. The van der Waals surface area contributed by atoms with Gasteiger partial charge in [-0.15, -0.1) is 0 Å². The third-order valence-electron chi connectivity index (χ3n) is 3.88. The van der Waals surface area contributed by atoms with E-state index in [4.69, 9.17) is 4.74 Å². The van der Waals surface area contributed by atoms with Gasteiger partial charge in [-0.1, -0.05) is 24.3 Å². The van der Waals surface area contributed by atoms with Crippen molar-refractivity contribution in [1.82, 2.24) is 0 Å². The van der Waals surface area contributed by atoms with Crippen molar-refractivity contribution in [3.63, 3.8) is 0 Å². The molecule has 1 aliphatic rings. The molecule has 2 aromatic rings. The summed E-state index contributed by atoms with van der Waals surface area (Å²) in [5.41, 5.74) is 3.68. The van der Waals surface area contributed by atoms with E-state index in [-0.39, 0.29) is 17.4 Å². The molecule has 0 spiro atoms. The van der Waals surface area contributed by atoms with Crippen molar-refractivity contribution in [2.75, 3.05) is 7.11 Å². The molecule has 0 radical (unpaired) electrons. The monoisotopic (exact) mass is 286 g/mol. The predicted molar refractivity (Wildman–Crippen MR) is 80.2 cm³/mol. The molecule has 0 bridgehead atoms. The van der Waals surface area contributed by atoms with Gasteiger partial charge in [-0.2, -0.15) is 0 Å². The van der Waals surface area contributed by atoms with Crippen molar-refractivity contribution in [2.45, 2.75) is 19.3 Å². The van der Waals surface area contributed by atoms with Gasteiger partial charge in [0.15, 0.2) is 11.6 Å². The molecule has 0 unspecified atom stereocenters. The predicted octanol–water partition coefficient (Wildman–Crippen LogP) is 4.85. The highest BCUT2D eigenvalue weighted by Crippen LogP contribution is 2.33. The Kier molecular flexibility index (Phi) is 3.74. The van der Waals surface area contributed by atoms with E-state index >= 15 is 0 Å². The van der Waals surface area contributed by atoms with Crippen LogP contribution in [0.25, 0.3) is 11.6 Å². The number of benzene rings is 2. The Morgan fingerprint density at radius 3 is 2.43 bits per heavy atom. The van der Waals surface area contributed by atoms with Gasteiger partial charge in [-0.05, 0) is 59.7 Å². The van der Waals surface area contributed by atoms with Crippen LogP contribution in [-0.4, -0.2) is 7.11 Å². The molecule has 3 rings (SSSR count). The molecule has 0 aromatic heterocycles. The first kappa shape index (κ1) is 13.8. The number of rotatable bonds is 2. The van der Waals surface area contributed by atoms with Gasteiger partial charge in [0.1, 0.15) is 5.82 Å². The fourth-order valence-corrected chi connectivity index (χ4v) is 2.77. The average Bonchev–Trinajstić information content (AvgIpc) is 2.71. The molecule has 0 fully saturated rings. The van der Waals surface area contributed by atoms with Crippen LogP contribution in [0.5, 0.6) is 5.75 Å². The van der Waals surface area contributed by atoms with Crippen LogP contribution < -0.4 is 4.74 Å². The van der Waals surface area contributed by atoms with Gasteiger partial charge in [0.2, 0.25) is 0 Å². The van der Waals surface area contributed by atoms with Crippen LogP contribution in [0.2, 0.25) is 0 Å². The fraction of sp³-hybridized carbons (Fsp3) is 0.222. The number of halogens is 2. The molecule has 1 aliphatic carbocycles. The third-order valence-corrected chi connectivity index (χ3v) is 3.88. The summed E-state index contributed by atoms with van der Waals surface area (Å²) in [6.45, 7) is 0. The summed E-state index contributed by atoms with van der Waals surface area (Å²) in [5.74, 6) is -0.233. The van der Waals surface area contributed by atoms with Crippen LogP contribution in [0.15, 0.2) is 36.4 Å². The van der Waals surface area contributed by atoms with Gasteiger partial charge < -0.3 is 4.74 Å². The summed E-state index contributed by atoms with van der Waals surface area (Å²) < 4.78 is 32.4. The molecule has 0 heterocycles. The van der Waals surface area contributed by atoms with Crippen molar-refractivity contribution in [2.24, 2.45) is 0 Å². The van der Waals surface area contributed by atoms with Gasteiger partial charge in [-0.3, -0.25) is 0 Å². The maximum atomic E-state index is 14.3. The minimum absolute atomic E-state index is 0.246. The zero-order chi connectivity index (χ0) is 14.8. The number of fused-ring (bicyclic) bond motifs is 1. The highest BCUT2D eigenvalue weighted by atomic mass is 19.1. The Bertz CT molecular complexity index is 687. The lowest BCUT2D eigenvalue weighted by Crippen LogP contribution is -1.97. The molecule has 2 aromatic carbocycles. The van der Waals surface area contributed by atoms with Gasteiger partial charge in [0.05, 0.1) is 7.11 Å². The van der Waals surface area contributed by atoms with Gasteiger partial charge >= 0.3 is 0 Å². The summed E-state index contributed by atoms with van der Waals surface area (Å²) in [6.07, 6.45) is 4.39. The van der Waals surface area contributed by atoms with Crippen LogP contribution in [0, 0.1) is 11.6 Å². The number of methoxy groups -OCH3 is 1. The lowest BCUT2D eigenvalue weighted by molar-refractivity contribution is 0.384. The molecule has 1 nitrogen and oxygen atoms in total. The second-order valence-electron chi connectivity index (χ2n) is 5.18. The minimum atomic E-state index is -0.272. The molecule has 21 heavy (non-hydrogen) atoms. The van der Waals surface area contributed by atoms with Gasteiger partial charge in [0, 0.05) is 0 Å². The van der Waals surface area contributed by atoms with E-state index in [0.29, 0.717) is 12.0 Å². The van der Waals surface area contributed by atoms with E-state index in [1.165, 1.54) is 19.2 Å². The van der Waals surface area contributed by atoms with E-state index in [1.54, 1.807) is 18.2 Å². The number of hydrogen-bond acceptors (Lipinski definition) is 1. The van der Waals surface area contributed by atoms with Crippen LogP contribution >= 0.6 is 0 Å². The van der Waals surface area contributed by atoms with Crippen LogP contribution in [0.4, 0.5) is 8.78 Å². The lowest BCUT2D eigenvalue weighted by atomic mass is 10.0. The van der Waals surface area contributed by atoms with E-state index < -0.39 is 0 Å². The zero-order valence-electron chi connectivity index (χ0n) is 11.8. The number of hydrogen-bond donors (Lipinski definition) is 0. The molecular weight excluding hydrogens is 270 g/mol. The summed E-state index contributed by atoms with van der Waals surface area (Å²) in [4.78, 5) is 0. The molecule has 0 amide bonds. The standard InChI is InChI=1S/C18H16F2O/c1-21-17-10-7-14-11-13(3-2-4-16(14)18(17)20)12-5-8-15(19)9-6-12/h5-11H,2-4H2,1H3. The Labute approximate surface area is 122 Å². The maximum absolute atomic E-state index is 14.3. The Hall–Kier alpha value is -2.16. The quantitative estimate of drug-likeness (QED) is 0.766. The Morgan fingerprint density at radius 2 is 1.71 bits per heavy atom. The lowest BCUT2D eigenvalue weighted by Gasteiger charge is -2.09. The topological polar surface area (TPSA) is 9.23 Å². The highest BCUT2D eigenvalue weighted by Gasteiger charge is 2.16. The molecule has 108 valence electrons. The van der Waals surface area contributed by atoms with E-state index in [2.05, 4.69) is 0 Å². The van der Waals surface area contributed by atoms with E-state index in [9.17, 15) is 8.78 Å². The van der Waals surface area contributed by atoms with Gasteiger partial charge in [-0.25, -0.2) is 8.78 Å². The fourth-order valence-electron chi connectivity index (χ4n) is 2.77. The second kappa shape index (κ2) is 5.68. The van der Waals surface area contributed by atoms with Crippen molar-refractivity contribution < 1.29 is 13.5 Å². The maximum Gasteiger partial charge on any atom is 0.168 e. The number of ether oxygens (including phenoxy) is 1. The summed E-state index contributed by atoms with van der Waals surface area (Å²) in [7, 11) is 1.47. The summed E-state index contributed by atoms with van der Waals surface area (Å²) in [6, 6.07) is 9.98. The van der Waals surface area contributed by atoms with Crippen LogP contribution in [-0.2, 0) is 6.42 Å². The summed E-state index contributed by atoms with van der Waals surface area (Å²) >= 11 is 0. The van der Waals surface area contributed by atoms with Gasteiger partial charge in [0.25, 0.3) is 0 Å².